The number of rotatable bonds is 7. The third kappa shape index (κ3) is 3.68. The summed E-state index contributed by atoms with van der Waals surface area (Å²) in [5, 5.41) is 10.5. The minimum Gasteiger partial charge on any atom is -0.407 e. The quantitative estimate of drug-likeness (QED) is 0.571. The molecule has 1 N–H and O–H groups in total. The molecule has 0 amide bonds. The summed E-state index contributed by atoms with van der Waals surface area (Å²) in [7, 11) is 0. The molecule has 84 valence electrons. The molecule has 1 heterocycles. The molecule has 1 aliphatic carbocycles. The van der Waals surface area contributed by atoms with Gasteiger partial charge in [-0.05, 0) is 18.8 Å². The Bertz CT molecular complexity index is 301. The molecule has 1 aromatic heterocycles. The van der Waals surface area contributed by atoms with Crippen molar-refractivity contribution in [2.24, 2.45) is 5.92 Å². The van der Waals surface area contributed by atoms with Crippen LogP contribution in [0.1, 0.15) is 18.7 Å². The van der Waals surface area contributed by atoms with Gasteiger partial charge in [0.05, 0.1) is 6.61 Å². The lowest BCUT2D eigenvalue weighted by atomic mass is 10.5. The first kappa shape index (κ1) is 10.7. The Kier molecular flexibility index (Phi) is 3.80. The Morgan fingerprint density at radius 3 is 3.00 bits per heavy atom. The summed E-state index contributed by atoms with van der Waals surface area (Å²) in [4.78, 5) is 0. The largest absolute Gasteiger partial charge is 0.407 e. The van der Waals surface area contributed by atoms with E-state index >= 15 is 0 Å². The lowest BCUT2D eigenvalue weighted by molar-refractivity contribution is 0.133. The Balaban J connectivity index is 1.56. The van der Waals surface area contributed by atoms with Crippen molar-refractivity contribution in [3.05, 3.63) is 5.89 Å². The van der Waals surface area contributed by atoms with E-state index in [0.29, 0.717) is 25.1 Å². The SMILES string of the molecule is ClCc1nnc(NCCOCC2CC2)o1. The summed E-state index contributed by atoms with van der Waals surface area (Å²) in [6, 6.07) is 0.403. The second kappa shape index (κ2) is 5.32. The van der Waals surface area contributed by atoms with Crippen LogP contribution in [0.3, 0.4) is 0 Å². The topological polar surface area (TPSA) is 60.2 Å². The maximum Gasteiger partial charge on any atom is 0.315 e. The molecule has 0 radical (unpaired) electrons. The van der Waals surface area contributed by atoms with Gasteiger partial charge in [-0.25, -0.2) is 0 Å². The zero-order valence-corrected chi connectivity index (χ0v) is 9.16. The number of nitrogens with zero attached hydrogens (tertiary/aromatic N) is 2. The molecule has 0 unspecified atom stereocenters. The van der Waals surface area contributed by atoms with Crippen LogP contribution in [0.15, 0.2) is 4.42 Å². The normalized spacial score (nSPS) is 15.5. The fourth-order valence-corrected chi connectivity index (χ4v) is 1.25. The first-order chi connectivity index (χ1) is 7.38. The predicted octanol–water partition coefficient (Wildman–Crippen LogP) is 1.65. The van der Waals surface area contributed by atoms with E-state index in [1.165, 1.54) is 12.8 Å². The summed E-state index contributed by atoms with van der Waals surface area (Å²) in [6.07, 6.45) is 2.63. The van der Waals surface area contributed by atoms with Crippen molar-refractivity contribution in [3.63, 3.8) is 0 Å². The van der Waals surface area contributed by atoms with Crippen LogP contribution in [0.4, 0.5) is 6.01 Å². The van der Waals surface area contributed by atoms with Crippen molar-refractivity contribution in [1.29, 1.82) is 0 Å². The fourth-order valence-electron chi connectivity index (χ4n) is 1.14. The Labute approximate surface area is 93.1 Å². The van der Waals surface area contributed by atoms with E-state index < -0.39 is 0 Å². The minimum absolute atomic E-state index is 0.243. The van der Waals surface area contributed by atoms with Crippen molar-refractivity contribution < 1.29 is 9.15 Å². The number of halogens is 1. The van der Waals surface area contributed by atoms with Crippen LogP contribution in [-0.2, 0) is 10.6 Å². The summed E-state index contributed by atoms with van der Waals surface area (Å²) in [5.41, 5.74) is 0. The number of hydrogen-bond donors (Lipinski definition) is 1. The Morgan fingerprint density at radius 2 is 2.33 bits per heavy atom. The van der Waals surface area contributed by atoms with Crippen LogP contribution >= 0.6 is 11.6 Å². The zero-order chi connectivity index (χ0) is 10.5. The van der Waals surface area contributed by atoms with Crippen LogP contribution in [0.2, 0.25) is 0 Å². The standard InChI is InChI=1S/C9H14ClN3O2/c10-5-8-12-13-9(15-8)11-3-4-14-6-7-1-2-7/h7H,1-6H2,(H,11,13). The molecule has 0 atom stereocenters. The van der Waals surface area contributed by atoms with E-state index in [4.69, 9.17) is 20.8 Å². The number of nitrogens with one attached hydrogen (secondary N) is 1. The molecular formula is C9H14ClN3O2. The van der Waals surface area contributed by atoms with Crippen LogP contribution in [0.5, 0.6) is 0 Å². The van der Waals surface area contributed by atoms with Gasteiger partial charge in [-0.15, -0.1) is 16.7 Å². The summed E-state index contributed by atoms with van der Waals surface area (Å²) in [6.45, 7) is 2.21. The smallest absolute Gasteiger partial charge is 0.315 e. The molecular weight excluding hydrogens is 218 g/mol. The van der Waals surface area contributed by atoms with Crippen LogP contribution in [0, 0.1) is 5.92 Å². The maximum absolute atomic E-state index is 5.52. The average molecular weight is 232 g/mol. The fraction of sp³-hybridized carbons (Fsp3) is 0.778. The van der Waals surface area contributed by atoms with Crippen molar-refractivity contribution in [2.45, 2.75) is 18.7 Å². The number of aromatic nitrogens is 2. The van der Waals surface area contributed by atoms with E-state index in [0.717, 1.165) is 12.5 Å². The zero-order valence-electron chi connectivity index (χ0n) is 8.41. The molecule has 0 aliphatic heterocycles. The van der Waals surface area contributed by atoms with Crippen LogP contribution in [-0.4, -0.2) is 30.0 Å². The molecule has 1 aliphatic rings. The number of alkyl halides is 1. The first-order valence-electron chi connectivity index (χ1n) is 5.08. The minimum atomic E-state index is 0.243. The molecule has 0 aromatic carbocycles. The molecule has 1 aromatic rings. The highest BCUT2D eigenvalue weighted by Gasteiger charge is 2.20. The van der Waals surface area contributed by atoms with E-state index in [2.05, 4.69) is 15.5 Å². The van der Waals surface area contributed by atoms with E-state index in [9.17, 15) is 0 Å². The summed E-state index contributed by atoms with van der Waals surface area (Å²) < 4.78 is 10.6. The molecule has 5 nitrogen and oxygen atoms in total. The second-order valence-electron chi connectivity index (χ2n) is 3.58. The van der Waals surface area contributed by atoms with E-state index in [-0.39, 0.29) is 5.88 Å². The Morgan fingerprint density at radius 1 is 1.47 bits per heavy atom. The highest BCUT2D eigenvalue weighted by Crippen LogP contribution is 2.28. The van der Waals surface area contributed by atoms with Gasteiger partial charge in [-0.2, -0.15) is 0 Å². The maximum atomic E-state index is 5.52. The third-order valence-electron chi connectivity index (χ3n) is 2.15. The van der Waals surface area contributed by atoms with Gasteiger partial charge >= 0.3 is 6.01 Å². The number of hydrogen-bond acceptors (Lipinski definition) is 5. The van der Waals surface area contributed by atoms with Gasteiger partial charge in [0.25, 0.3) is 0 Å². The Hall–Kier alpha value is -0.810. The van der Waals surface area contributed by atoms with Crippen molar-refractivity contribution in [3.8, 4) is 0 Å². The van der Waals surface area contributed by atoms with Gasteiger partial charge < -0.3 is 14.5 Å². The highest BCUT2D eigenvalue weighted by atomic mass is 35.5. The molecule has 0 bridgehead atoms. The molecule has 15 heavy (non-hydrogen) atoms. The molecule has 1 fully saturated rings. The lowest BCUT2D eigenvalue weighted by Crippen LogP contribution is -2.10. The van der Waals surface area contributed by atoms with Gasteiger partial charge in [0, 0.05) is 13.2 Å². The highest BCUT2D eigenvalue weighted by molar-refractivity contribution is 6.16. The number of anilines is 1. The van der Waals surface area contributed by atoms with Crippen molar-refractivity contribution in [2.75, 3.05) is 25.1 Å². The third-order valence-corrected chi connectivity index (χ3v) is 2.38. The second-order valence-corrected chi connectivity index (χ2v) is 3.85. The van der Waals surface area contributed by atoms with Crippen LogP contribution < -0.4 is 5.32 Å². The number of ether oxygens (including phenoxy) is 1. The van der Waals surface area contributed by atoms with Crippen molar-refractivity contribution >= 4 is 17.6 Å². The molecule has 6 heteroatoms. The van der Waals surface area contributed by atoms with Crippen LogP contribution in [0.25, 0.3) is 0 Å². The summed E-state index contributed by atoms with van der Waals surface area (Å²) >= 11 is 5.52. The van der Waals surface area contributed by atoms with Gasteiger partial charge in [-0.1, -0.05) is 5.10 Å². The van der Waals surface area contributed by atoms with Gasteiger partial charge in [0.15, 0.2) is 0 Å². The predicted molar refractivity (Wildman–Crippen MR) is 55.9 cm³/mol. The van der Waals surface area contributed by atoms with Crippen molar-refractivity contribution in [1.82, 2.24) is 10.2 Å². The molecule has 0 spiro atoms. The van der Waals surface area contributed by atoms with Gasteiger partial charge in [0.2, 0.25) is 5.89 Å². The monoisotopic (exact) mass is 231 g/mol. The van der Waals surface area contributed by atoms with Gasteiger partial charge in [-0.3, -0.25) is 0 Å². The average Bonchev–Trinajstić information content (AvgIpc) is 2.96. The van der Waals surface area contributed by atoms with E-state index in [1.807, 2.05) is 0 Å². The van der Waals surface area contributed by atoms with Gasteiger partial charge in [0.1, 0.15) is 5.88 Å². The molecule has 1 saturated carbocycles. The molecule has 0 saturated heterocycles. The molecule has 2 rings (SSSR count). The summed E-state index contributed by atoms with van der Waals surface area (Å²) in [5.74, 6) is 1.47. The van der Waals surface area contributed by atoms with E-state index in [1.54, 1.807) is 0 Å². The lowest BCUT2D eigenvalue weighted by Gasteiger charge is -2.02. The first-order valence-corrected chi connectivity index (χ1v) is 5.62.